The first kappa shape index (κ1) is 14.6. The van der Waals surface area contributed by atoms with E-state index < -0.39 is 0 Å². The van der Waals surface area contributed by atoms with Gasteiger partial charge in [0.2, 0.25) is 11.7 Å². The zero-order valence-corrected chi connectivity index (χ0v) is 11.9. The normalized spacial score (nSPS) is 14.2. The van der Waals surface area contributed by atoms with E-state index in [4.69, 9.17) is 14.0 Å². The average molecular weight is 298 g/mol. The predicted molar refractivity (Wildman–Crippen MR) is 74.5 cm³/mol. The van der Waals surface area contributed by atoms with Gasteiger partial charge in [-0.3, -0.25) is 0 Å². The van der Waals surface area contributed by atoms with Gasteiger partial charge in [-0.2, -0.15) is 4.98 Å². The van der Waals surface area contributed by atoms with Crippen molar-refractivity contribution in [2.75, 3.05) is 20.2 Å². The molecule has 20 heavy (non-hydrogen) atoms. The summed E-state index contributed by atoms with van der Waals surface area (Å²) in [5, 5.41) is 7.07. The molecule has 2 heterocycles. The first-order valence-electron chi connectivity index (χ1n) is 6.15. The summed E-state index contributed by atoms with van der Waals surface area (Å²) in [5.74, 6) is 3.15. The molecule has 1 aromatic carbocycles. The van der Waals surface area contributed by atoms with E-state index in [0.29, 0.717) is 24.2 Å². The van der Waals surface area contributed by atoms with Crippen LogP contribution >= 0.6 is 12.4 Å². The van der Waals surface area contributed by atoms with Gasteiger partial charge in [-0.25, -0.2) is 0 Å². The zero-order chi connectivity index (χ0) is 13.1. The van der Waals surface area contributed by atoms with Crippen molar-refractivity contribution in [3.8, 4) is 11.5 Å². The van der Waals surface area contributed by atoms with Gasteiger partial charge < -0.3 is 19.3 Å². The van der Waals surface area contributed by atoms with Crippen LogP contribution < -0.4 is 14.8 Å². The van der Waals surface area contributed by atoms with E-state index in [-0.39, 0.29) is 12.4 Å². The fourth-order valence-corrected chi connectivity index (χ4v) is 1.78. The summed E-state index contributed by atoms with van der Waals surface area (Å²) < 4.78 is 15.9. The number of rotatable bonds is 5. The Hall–Kier alpha value is -1.79. The summed E-state index contributed by atoms with van der Waals surface area (Å²) in [5.41, 5.74) is 0. The molecule has 1 fully saturated rings. The number of halogens is 1. The molecule has 0 radical (unpaired) electrons. The van der Waals surface area contributed by atoms with Crippen LogP contribution in [0, 0.1) is 0 Å². The lowest BCUT2D eigenvalue weighted by Gasteiger charge is -2.22. The molecular formula is C13H16ClN3O3. The molecule has 0 saturated carbocycles. The molecular weight excluding hydrogens is 282 g/mol. The van der Waals surface area contributed by atoms with Crippen LogP contribution in [0.4, 0.5) is 0 Å². The van der Waals surface area contributed by atoms with Crippen molar-refractivity contribution in [1.82, 2.24) is 15.5 Å². The molecule has 1 aliphatic rings. The number of nitrogens with one attached hydrogen (secondary N) is 1. The molecule has 3 rings (SSSR count). The van der Waals surface area contributed by atoms with Crippen LogP contribution in [-0.2, 0) is 6.61 Å². The highest BCUT2D eigenvalue weighted by Gasteiger charge is 2.24. The van der Waals surface area contributed by atoms with E-state index in [1.54, 1.807) is 7.11 Å². The van der Waals surface area contributed by atoms with Crippen molar-refractivity contribution >= 4 is 12.4 Å². The SMILES string of the molecule is COc1ccc(OCc2noc(C3CNC3)n2)cc1.Cl. The fraction of sp³-hybridized carbons (Fsp3) is 0.385. The van der Waals surface area contributed by atoms with Gasteiger partial charge in [0.15, 0.2) is 6.61 Å². The number of methoxy groups -OCH3 is 1. The summed E-state index contributed by atoms with van der Waals surface area (Å²) in [6.45, 7) is 2.11. The zero-order valence-electron chi connectivity index (χ0n) is 11.0. The number of ether oxygens (including phenoxy) is 2. The number of hydrogen-bond donors (Lipinski definition) is 1. The topological polar surface area (TPSA) is 69.4 Å². The Kier molecular flexibility index (Phi) is 4.81. The third-order valence-corrected chi connectivity index (χ3v) is 3.04. The monoisotopic (exact) mass is 297 g/mol. The van der Waals surface area contributed by atoms with Gasteiger partial charge in [0.25, 0.3) is 0 Å². The maximum absolute atomic E-state index is 5.58. The van der Waals surface area contributed by atoms with E-state index in [1.165, 1.54) is 0 Å². The minimum absolute atomic E-state index is 0. The number of hydrogen-bond acceptors (Lipinski definition) is 6. The summed E-state index contributed by atoms with van der Waals surface area (Å²) in [6.07, 6.45) is 0. The van der Waals surface area contributed by atoms with Gasteiger partial charge in [-0.15, -0.1) is 12.4 Å². The molecule has 1 aromatic heterocycles. The Morgan fingerprint density at radius 2 is 1.95 bits per heavy atom. The predicted octanol–water partition coefficient (Wildman–Crippen LogP) is 1.77. The van der Waals surface area contributed by atoms with Crippen LogP contribution in [0.1, 0.15) is 17.6 Å². The molecule has 1 saturated heterocycles. The van der Waals surface area contributed by atoms with E-state index in [1.807, 2.05) is 24.3 Å². The quantitative estimate of drug-likeness (QED) is 0.907. The van der Waals surface area contributed by atoms with Gasteiger partial charge in [0.1, 0.15) is 11.5 Å². The van der Waals surface area contributed by atoms with Crippen LogP contribution in [0.25, 0.3) is 0 Å². The molecule has 7 heteroatoms. The second-order valence-corrected chi connectivity index (χ2v) is 4.37. The smallest absolute Gasteiger partial charge is 0.232 e. The number of benzene rings is 1. The Bertz CT molecular complexity index is 540. The molecule has 2 aromatic rings. The first-order chi connectivity index (χ1) is 9.35. The largest absolute Gasteiger partial charge is 0.497 e. The molecule has 1 N–H and O–H groups in total. The molecule has 0 atom stereocenters. The van der Waals surface area contributed by atoms with Crippen LogP contribution in [-0.4, -0.2) is 30.3 Å². The second-order valence-electron chi connectivity index (χ2n) is 4.37. The Labute approximate surface area is 122 Å². The molecule has 1 aliphatic heterocycles. The van der Waals surface area contributed by atoms with Crippen molar-refractivity contribution in [2.24, 2.45) is 0 Å². The summed E-state index contributed by atoms with van der Waals surface area (Å²) in [4.78, 5) is 4.31. The number of nitrogens with zero attached hydrogens (tertiary/aromatic N) is 2. The minimum atomic E-state index is 0. The lowest BCUT2D eigenvalue weighted by molar-refractivity contribution is 0.278. The third-order valence-electron chi connectivity index (χ3n) is 3.04. The molecule has 0 bridgehead atoms. The minimum Gasteiger partial charge on any atom is -0.497 e. The third kappa shape index (κ3) is 3.20. The average Bonchev–Trinajstić information content (AvgIpc) is 2.83. The second kappa shape index (κ2) is 6.58. The van der Waals surface area contributed by atoms with Crippen molar-refractivity contribution in [1.29, 1.82) is 0 Å². The highest BCUT2D eigenvalue weighted by molar-refractivity contribution is 5.85. The van der Waals surface area contributed by atoms with E-state index >= 15 is 0 Å². The standard InChI is InChI=1S/C13H15N3O3.ClH/c1-17-10-2-4-11(5-3-10)18-8-12-15-13(19-16-12)9-6-14-7-9;/h2-5,9,14H,6-8H2,1H3;1H. The van der Waals surface area contributed by atoms with E-state index in [2.05, 4.69) is 15.5 Å². The lowest BCUT2D eigenvalue weighted by Crippen LogP contribution is -2.40. The molecule has 6 nitrogen and oxygen atoms in total. The Morgan fingerprint density at radius 3 is 2.55 bits per heavy atom. The lowest BCUT2D eigenvalue weighted by atomic mass is 10.0. The van der Waals surface area contributed by atoms with Crippen molar-refractivity contribution in [2.45, 2.75) is 12.5 Å². The van der Waals surface area contributed by atoms with E-state index in [0.717, 1.165) is 24.6 Å². The van der Waals surface area contributed by atoms with Crippen LogP contribution in [0.15, 0.2) is 28.8 Å². The summed E-state index contributed by atoms with van der Waals surface area (Å²) in [6, 6.07) is 7.37. The molecule has 0 unspecified atom stereocenters. The summed E-state index contributed by atoms with van der Waals surface area (Å²) in [7, 11) is 1.63. The molecule has 0 aliphatic carbocycles. The Balaban J connectivity index is 0.00000147. The number of aromatic nitrogens is 2. The maximum atomic E-state index is 5.58. The van der Waals surface area contributed by atoms with Crippen LogP contribution in [0.5, 0.6) is 11.5 Å². The van der Waals surface area contributed by atoms with Gasteiger partial charge in [-0.1, -0.05) is 5.16 Å². The van der Waals surface area contributed by atoms with Gasteiger partial charge in [0.05, 0.1) is 13.0 Å². The van der Waals surface area contributed by atoms with Gasteiger partial charge in [-0.05, 0) is 24.3 Å². The van der Waals surface area contributed by atoms with Crippen molar-refractivity contribution in [3.05, 3.63) is 36.0 Å². The van der Waals surface area contributed by atoms with E-state index in [9.17, 15) is 0 Å². The van der Waals surface area contributed by atoms with Gasteiger partial charge in [0, 0.05) is 13.1 Å². The van der Waals surface area contributed by atoms with Gasteiger partial charge >= 0.3 is 0 Å². The highest BCUT2D eigenvalue weighted by Crippen LogP contribution is 2.19. The van der Waals surface area contributed by atoms with Crippen LogP contribution in [0.3, 0.4) is 0 Å². The molecule has 108 valence electrons. The molecule has 0 spiro atoms. The summed E-state index contributed by atoms with van der Waals surface area (Å²) >= 11 is 0. The first-order valence-corrected chi connectivity index (χ1v) is 6.15. The van der Waals surface area contributed by atoms with Crippen molar-refractivity contribution in [3.63, 3.8) is 0 Å². The Morgan fingerprint density at radius 1 is 1.25 bits per heavy atom. The molecule has 0 amide bonds. The van der Waals surface area contributed by atoms with Crippen LogP contribution in [0.2, 0.25) is 0 Å². The fourth-order valence-electron chi connectivity index (χ4n) is 1.78. The maximum Gasteiger partial charge on any atom is 0.232 e. The highest BCUT2D eigenvalue weighted by atomic mass is 35.5. The van der Waals surface area contributed by atoms with Crippen molar-refractivity contribution < 1.29 is 14.0 Å².